The number of Topliss-reactive ketones (excluding diaryl/α,β-unsaturated/α-hetero) is 1. The third-order valence-electron chi connectivity index (χ3n) is 4.25. The van der Waals surface area contributed by atoms with Gasteiger partial charge in [0.25, 0.3) is 5.91 Å². The number of hydrogen-bond donors (Lipinski definition) is 1. The van der Waals surface area contributed by atoms with Crippen molar-refractivity contribution in [3.63, 3.8) is 0 Å². The summed E-state index contributed by atoms with van der Waals surface area (Å²) in [5.74, 6) is -0.364. The number of carbonyl (C=O) groups excluding carboxylic acids is 2. The van der Waals surface area contributed by atoms with Gasteiger partial charge in [-0.2, -0.15) is 0 Å². The van der Waals surface area contributed by atoms with Crippen molar-refractivity contribution in [2.45, 2.75) is 26.8 Å². The van der Waals surface area contributed by atoms with Crippen molar-refractivity contribution in [1.82, 2.24) is 9.80 Å². The number of hydrogen-bond acceptors (Lipinski definition) is 5. The summed E-state index contributed by atoms with van der Waals surface area (Å²) in [5, 5.41) is 9.59. The molecule has 0 bridgehead atoms. The van der Waals surface area contributed by atoms with Gasteiger partial charge in [-0.15, -0.1) is 0 Å². The van der Waals surface area contributed by atoms with Crippen LogP contribution in [0.1, 0.15) is 25.8 Å². The first-order valence-corrected chi connectivity index (χ1v) is 8.86. The molecule has 0 aromatic heterocycles. The molecular weight excluding hydrogens is 332 g/mol. The molecular formula is C20H26N2O4. The van der Waals surface area contributed by atoms with Gasteiger partial charge in [0.1, 0.15) is 18.6 Å². The molecule has 6 heteroatoms. The Morgan fingerprint density at radius 2 is 1.96 bits per heavy atom. The lowest BCUT2D eigenvalue weighted by atomic mass is 10.1. The Morgan fingerprint density at radius 3 is 2.58 bits per heavy atom. The van der Waals surface area contributed by atoms with Crippen molar-refractivity contribution in [2.24, 2.45) is 0 Å². The molecule has 1 aliphatic rings. The molecule has 140 valence electrons. The molecule has 1 aromatic carbocycles. The average molecular weight is 358 g/mol. The smallest absolute Gasteiger partial charge is 0.274 e. The number of carbonyl (C=O) groups is 2. The standard InChI is InChI=1S/C20H26N2O4/c1-3-17(19(24)15-26-4-2)13-21-10-11-22(20(25)18(21)14-23)12-16-8-6-5-7-9-16/h5-9,13-14,23H,3-4,10-12,15H2,1-2H3/b17-13+,18-14+. The van der Waals surface area contributed by atoms with E-state index in [4.69, 9.17) is 4.74 Å². The van der Waals surface area contributed by atoms with Gasteiger partial charge < -0.3 is 19.6 Å². The number of aliphatic hydroxyl groups excluding tert-OH is 1. The maximum Gasteiger partial charge on any atom is 0.274 e. The molecule has 0 radical (unpaired) electrons. The van der Waals surface area contributed by atoms with Crippen LogP contribution in [0.3, 0.4) is 0 Å². The van der Waals surface area contributed by atoms with Crippen LogP contribution in [0, 0.1) is 0 Å². The molecule has 0 aliphatic carbocycles. The first-order chi connectivity index (χ1) is 12.6. The number of rotatable bonds is 8. The van der Waals surface area contributed by atoms with Crippen molar-refractivity contribution >= 4 is 11.7 Å². The van der Waals surface area contributed by atoms with Crippen LogP contribution in [0.2, 0.25) is 0 Å². The maximum absolute atomic E-state index is 12.7. The van der Waals surface area contributed by atoms with Crippen molar-refractivity contribution in [1.29, 1.82) is 0 Å². The first kappa shape index (κ1) is 19.7. The summed E-state index contributed by atoms with van der Waals surface area (Å²) in [5.41, 5.74) is 1.77. The molecule has 26 heavy (non-hydrogen) atoms. The molecule has 1 aliphatic heterocycles. The second-order valence-electron chi connectivity index (χ2n) is 5.99. The molecule has 1 N–H and O–H groups in total. The molecule has 0 unspecified atom stereocenters. The third kappa shape index (κ3) is 4.95. The van der Waals surface area contributed by atoms with Gasteiger partial charge in [-0.05, 0) is 18.9 Å². The SMILES string of the molecule is CCOCC(=O)/C(=C/N1CCN(Cc2ccccc2)C(=O)/C1=C\O)CC. The lowest BCUT2D eigenvalue weighted by molar-refractivity contribution is -0.131. The van der Waals surface area contributed by atoms with Crippen LogP contribution >= 0.6 is 0 Å². The normalized spacial score (nSPS) is 17.1. The van der Waals surface area contributed by atoms with Crippen LogP contribution in [0.4, 0.5) is 0 Å². The summed E-state index contributed by atoms with van der Waals surface area (Å²) in [6, 6.07) is 9.71. The van der Waals surface area contributed by atoms with E-state index in [1.165, 1.54) is 0 Å². The maximum atomic E-state index is 12.7. The van der Waals surface area contributed by atoms with Crippen LogP contribution in [0.25, 0.3) is 0 Å². The van der Waals surface area contributed by atoms with Crippen molar-refractivity contribution in [3.05, 3.63) is 59.6 Å². The molecule has 1 aromatic rings. The largest absolute Gasteiger partial charge is 0.513 e. The topological polar surface area (TPSA) is 70.1 Å². The minimum atomic E-state index is -0.258. The van der Waals surface area contributed by atoms with Crippen LogP contribution in [0.15, 0.2) is 54.1 Å². The fourth-order valence-corrected chi connectivity index (χ4v) is 2.79. The van der Waals surface area contributed by atoms with Crippen LogP contribution in [-0.2, 0) is 20.9 Å². The Kier molecular flexibility index (Phi) is 7.41. The zero-order valence-electron chi connectivity index (χ0n) is 15.4. The zero-order chi connectivity index (χ0) is 18.9. The molecule has 1 fully saturated rings. The minimum absolute atomic E-state index is 0.0241. The van der Waals surface area contributed by atoms with E-state index < -0.39 is 0 Å². The van der Waals surface area contributed by atoms with Gasteiger partial charge in [0.05, 0.1) is 0 Å². The van der Waals surface area contributed by atoms with E-state index in [0.29, 0.717) is 38.2 Å². The molecule has 1 heterocycles. The number of piperazine rings is 1. The highest BCUT2D eigenvalue weighted by Gasteiger charge is 2.29. The van der Waals surface area contributed by atoms with E-state index in [9.17, 15) is 14.7 Å². The molecule has 1 saturated heterocycles. The summed E-state index contributed by atoms with van der Waals surface area (Å²) >= 11 is 0. The predicted molar refractivity (Wildman–Crippen MR) is 99.2 cm³/mol. The van der Waals surface area contributed by atoms with E-state index in [0.717, 1.165) is 11.8 Å². The monoisotopic (exact) mass is 358 g/mol. The number of nitrogens with zero attached hydrogens (tertiary/aromatic N) is 2. The third-order valence-corrected chi connectivity index (χ3v) is 4.25. The molecule has 0 spiro atoms. The highest BCUT2D eigenvalue weighted by Crippen LogP contribution is 2.19. The van der Waals surface area contributed by atoms with Gasteiger partial charge >= 0.3 is 0 Å². The Balaban J connectivity index is 2.11. The van der Waals surface area contributed by atoms with Crippen molar-refractivity contribution in [2.75, 3.05) is 26.3 Å². The summed E-state index contributed by atoms with van der Waals surface area (Å²) in [4.78, 5) is 28.2. The van der Waals surface area contributed by atoms with Gasteiger partial charge in [0.2, 0.25) is 0 Å². The molecule has 2 rings (SSSR count). The number of aliphatic hydroxyl groups is 1. The van der Waals surface area contributed by atoms with E-state index in [2.05, 4.69) is 0 Å². The van der Waals surface area contributed by atoms with E-state index >= 15 is 0 Å². The second-order valence-corrected chi connectivity index (χ2v) is 5.99. The Morgan fingerprint density at radius 1 is 1.23 bits per heavy atom. The summed E-state index contributed by atoms with van der Waals surface area (Å²) in [6.45, 7) is 5.72. The molecule has 0 saturated carbocycles. The Labute approximate surface area is 154 Å². The number of ether oxygens (including phenoxy) is 1. The quantitative estimate of drug-likeness (QED) is 0.571. The van der Waals surface area contributed by atoms with Crippen LogP contribution in [-0.4, -0.2) is 52.9 Å². The van der Waals surface area contributed by atoms with Crippen molar-refractivity contribution in [3.8, 4) is 0 Å². The Hall–Kier alpha value is -2.60. The van der Waals surface area contributed by atoms with E-state index in [-0.39, 0.29) is 24.0 Å². The van der Waals surface area contributed by atoms with Crippen LogP contribution in [0.5, 0.6) is 0 Å². The minimum Gasteiger partial charge on any atom is -0.513 e. The van der Waals surface area contributed by atoms with Crippen LogP contribution < -0.4 is 0 Å². The van der Waals surface area contributed by atoms with E-state index in [1.807, 2.05) is 44.2 Å². The van der Waals surface area contributed by atoms with Gasteiger partial charge in [0, 0.05) is 38.0 Å². The van der Waals surface area contributed by atoms with Gasteiger partial charge in [-0.1, -0.05) is 37.3 Å². The second kappa shape index (κ2) is 9.77. The van der Waals surface area contributed by atoms with Gasteiger partial charge in [0.15, 0.2) is 5.78 Å². The Bertz CT molecular complexity index is 682. The van der Waals surface area contributed by atoms with E-state index in [1.54, 1.807) is 16.0 Å². The number of benzene rings is 1. The lowest BCUT2D eigenvalue weighted by Crippen LogP contribution is -2.46. The average Bonchev–Trinajstić information content (AvgIpc) is 2.67. The zero-order valence-corrected chi connectivity index (χ0v) is 15.4. The summed E-state index contributed by atoms with van der Waals surface area (Å²) < 4.78 is 5.18. The summed E-state index contributed by atoms with van der Waals surface area (Å²) in [6.07, 6.45) is 3.00. The predicted octanol–water partition coefficient (Wildman–Crippen LogP) is 2.63. The van der Waals surface area contributed by atoms with Gasteiger partial charge in [-0.3, -0.25) is 9.59 Å². The molecule has 1 amide bonds. The molecule has 0 atom stereocenters. The number of amides is 1. The summed E-state index contributed by atoms with van der Waals surface area (Å²) in [7, 11) is 0. The van der Waals surface area contributed by atoms with Crippen molar-refractivity contribution < 1.29 is 19.4 Å². The highest BCUT2D eigenvalue weighted by molar-refractivity contribution is 5.97. The number of ketones is 1. The fraction of sp³-hybridized carbons (Fsp3) is 0.400. The first-order valence-electron chi connectivity index (χ1n) is 8.86. The molecule has 6 nitrogen and oxygen atoms in total. The highest BCUT2D eigenvalue weighted by atomic mass is 16.5. The van der Waals surface area contributed by atoms with Gasteiger partial charge in [-0.25, -0.2) is 0 Å². The lowest BCUT2D eigenvalue weighted by Gasteiger charge is -2.35. The fourth-order valence-electron chi connectivity index (χ4n) is 2.79.